The number of nitrogens with zero attached hydrogens (tertiary/aromatic N) is 2. The van der Waals surface area contributed by atoms with Gasteiger partial charge < -0.3 is 9.47 Å². The van der Waals surface area contributed by atoms with Crippen molar-refractivity contribution in [1.29, 1.82) is 0 Å². The van der Waals surface area contributed by atoms with E-state index in [-0.39, 0.29) is 0 Å². The Morgan fingerprint density at radius 2 is 2.00 bits per heavy atom. The van der Waals surface area contributed by atoms with Crippen molar-refractivity contribution in [3.63, 3.8) is 0 Å². The van der Waals surface area contributed by atoms with E-state index in [1.807, 2.05) is 0 Å². The second-order valence-electron chi connectivity index (χ2n) is 7.69. The van der Waals surface area contributed by atoms with Crippen molar-refractivity contribution in [2.75, 3.05) is 53.0 Å². The molecule has 0 amide bonds. The van der Waals surface area contributed by atoms with Crippen molar-refractivity contribution in [3.05, 3.63) is 29.3 Å². The molecule has 1 unspecified atom stereocenters. The highest BCUT2D eigenvalue weighted by molar-refractivity contribution is 5.37. The van der Waals surface area contributed by atoms with Crippen LogP contribution in [0, 0.1) is 5.92 Å². The normalized spacial score (nSPS) is 22.9. The fraction of sp³-hybridized carbons (Fsp3) is 0.714. The molecule has 4 heteroatoms. The van der Waals surface area contributed by atoms with E-state index in [4.69, 9.17) is 9.47 Å². The second-order valence-corrected chi connectivity index (χ2v) is 7.69. The Balaban J connectivity index is 1.55. The molecule has 25 heavy (non-hydrogen) atoms. The molecule has 0 aliphatic carbocycles. The minimum absolute atomic E-state index is 0.816. The van der Waals surface area contributed by atoms with E-state index >= 15 is 0 Å². The number of methoxy groups -OCH3 is 1. The monoisotopic (exact) mass is 346 g/mol. The number of hydrogen-bond acceptors (Lipinski definition) is 4. The van der Waals surface area contributed by atoms with Gasteiger partial charge >= 0.3 is 0 Å². The molecule has 2 fully saturated rings. The lowest BCUT2D eigenvalue weighted by molar-refractivity contribution is 0.0374. The highest BCUT2D eigenvalue weighted by Gasteiger charge is 2.18. The summed E-state index contributed by atoms with van der Waals surface area (Å²) in [6.07, 6.45) is 5.05. The van der Waals surface area contributed by atoms with Gasteiger partial charge in [-0.3, -0.25) is 9.80 Å². The first-order chi connectivity index (χ1) is 12.2. The van der Waals surface area contributed by atoms with Gasteiger partial charge in [-0.1, -0.05) is 19.1 Å². The molecule has 0 bridgehead atoms. The third kappa shape index (κ3) is 5.70. The van der Waals surface area contributed by atoms with E-state index in [1.165, 1.54) is 50.0 Å². The number of hydrogen-bond donors (Lipinski definition) is 0. The van der Waals surface area contributed by atoms with Crippen LogP contribution in [0.1, 0.15) is 37.3 Å². The predicted octanol–water partition coefficient (Wildman–Crippen LogP) is 3.19. The van der Waals surface area contributed by atoms with Crippen LogP contribution in [0.2, 0.25) is 0 Å². The van der Waals surface area contributed by atoms with E-state index < -0.39 is 0 Å². The van der Waals surface area contributed by atoms with Gasteiger partial charge in [-0.05, 0) is 56.3 Å². The molecule has 0 aromatic heterocycles. The maximum atomic E-state index is 5.62. The van der Waals surface area contributed by atoms with Gasteiger partial charge in [0.2, 0.25) is 0 Å². The van der Waals surface area contributed by atoms with Crippen molar-refractivity contribution in [2.45, 2.75) is 39.2 Å². The number of benzene rings is 1. The number of rotatable bonds is 7. The Morgan fingerprint density at radius 3 is 2.76 bits per heavy atom. The summed E-state index contributed by atoms with van der Waals surface area (Å²) < 4.78 is 11.0. The molecule has 0 saturated carbocycles. The van der Waals surface area contributed by atoms with Gasteiger partial charge in [0.1, 0.15) is 5.75 Å². The zero-order valence-electron chi connectivity index (χ0n) is 16.0. The van der Waals surface area contributed by atoms with Gasteiger partial charge in [-0.15, -0.1) is 0 Å². The average molecular weight is 347 g/mol. The van der Waals surface area contributed by atoms with Crippen molar-refractivity contribution in [2.24, 2.45) is 5.92 Å². The van der Waals surface area contributed by atoms with Crippen molar-refractivity contribution < 1.29 is 9.47 Å². The van der Waals surface area contributed by atoms with E-state index in [2.05, 4.69) is 34.9 Å². The number of likely N-dealkylation sites (tertiary alicyclic amines) is 1. The van der Waals surface area contributed by atoms with Crippen molar-refractivity contribution >= 4 is 0 Å². The number of morpholine rings is 1. The van der Waals surface area contributed by atoms with Crippen LogP contribution in [0.3, 0.4) is 0 Å². The quantitative estimate of drug-likeness (QED) is 0.757. The lowest BCUT2D eigenvalue weighted by atomic mass is 9.99. The van der Waals surface area contributed by atoms with Gasteiger partial charge in [0, 0.05) is 31.7 Å². The van der Waals surface area contributed by atoms with Gasteiger partial charge in [0.05, 0.1) is 20.3 Å². The van der Waals surface area contributed by atoms with Crippen molar-refractivity contribution in [3.8, 4) is 5.75 Å². The molecule has 0 radical (unpaired) electrons. The number of piperidine rings is 1. The molecule has 0 spiro atoms. The van der Waals surface area contributed by atoms with Crippen LogP contribution in [-0.2, 0) is 17.7 Å². The minimum Gasteiger partial charge on any atom is -0.496 e. The molecule has 2 heterocycles. The summed E-state index contributed by atoms with van der Waals surface area (Å²) in [4.78, 5) is 5.10. The fourth-order valence-electron chi connectivity index (χ4n) is 4.11. The SMILES string of the molecule is COc1ccc(CCCN2CCOCC2)cc1CN1CCCC(C)C1. The zero-order valence-corrected chi connectivity index (χ0v) is 16.0. The minimum atomic E-state index is 0.816. The largest absolute Gasteiger partial charge is 0.496 e. The molecular weight excluding hydrogens is 312 g/mol. The first-order valence-electron chi connectivity index (χ1n) is 9.93. The Bertz CT molecular complexity index is 529. The highest BCUT2D eigenvalue weighted by atomic mass is 16.5. The lowest BCUT2D eigenvalue weighted by Crippen LogP contribution is -2.36. The third-order valence-corrected chi connectivity index (χ3v) is 5.52. The molecule has 4 nitrogen and oxygen atoms in total. The van der Waals surface area contributed by atoms with E-state index in [1.54, 1.807) is 7.11 Å². The zero-order chi connectivity index (χ0) is 17.5. The molecule has 2 aliphatic rings. The summed E-state index contributed by atoms with van der Waals surface area (Å²) in [5, 5.41) is 0. The molecule has 0 N–H and O–H groups in total. The molecule has 3 rings (SSSR count). The van der Waals surface area contributed by atoms with E-state index in [9.17, 15) is 0 Å². The third-order valence-electron chi connectivity index (χ3n) is 5.52. The van der Waals surface area contributed by atoms with Gasteiger partial charge in [-0.2, -0.15) is 0 Å². The lowest BCUT2D eigenvalue weighted by Gasteiger charge is -2.31. The maximum Gasteiger partial charge on any atom is 0.123 e. The summed E-state index contributed by atoms with van der Waals surface area (Å²) in [6.45, 7) is 10.9. The van der Waals surface area contributed by atoms with Crippen LogP contribution in [-0.4, -0.2) is 62.8 Å². The summed E-state index contributed by atoms with van der Waals surface area (Å²) in [5.74, 6) is 1.85. The van der Waals surface area contributed by atoms with Crippen LogP contribution < -0.4 is 4.74 Å². The van der Waals surface area contributed by atoms with Crippen molar-refractivity contribution in [1.82, 2.24) is 9.80 Å². The van der Waals surface area contributed by atoms with Crippen LogP contribution in [0.15, 0.2) is 18.2 Å². The first kappa shape index (κ1) is 18.7. The highest BCUT2D eigenvalue weighted by Crippen LogP contribution is 2.25. The van der Waals surface area contributed by atoms with Crippen LogP contribution in [0.5, 0.6) is 5.75 Å². The summed E-state index contributed by atoms with van der Waals surface area (Å²) in [5.41, 5.74) is 2.79. The molecule has 1 aromatic carbocycles. The standard InChI is InChI=1S/C21H34N2O2/c1-18-5-3-10-23(16-18)17-20-15-19(7-8-21(20)24-2)6-4-9-22-11-13-25-14-12-22/h7-8,15,18H,3-6,9-14,16-17H2,1-2H3. The smallest absolute Gasteiger partial charge is 0.123 e. The maximum absolute atomic E-state index is 5.62. The summed E-state index contributed by atoms with van der Waals surface area (Å²) in [6, 6.07) is 6.77. The summed E-state index contributed by atoms with van der Waals surface area (Å²) >= 11 is 0. The summed E-state index contributed by atoms with van der Waals surface area (Å²) in [7, 11) is 1.79. The van der Waals surface area contributed by atoms with Crippen LogP contribution >= 0.6 is 0 Å². The van der Waals surface area contributed by atoms with Crippen LogP contribution in [0.4, 0.5) is 0 Å². The topological polar surface area (TPSA) is 24.9 Å². The number of ether oxygens (including phenoxy) is 2. The van der Waals surface area contributed by atoms with Gasteiger partial charge in [0.25, 0.3) is 0 Å². The van der Waals surface area contributed by atoms with Gasteiger partial charge in [-0.25, -0.2) is 0 Å². The molecule has 1 aromatic rings. The fourth-order valence-corrected chi connectivity index (χ4v) is 4.11. The number of aryl methyl sites for hydroxylation is 1. The Hall–Kier alpha value is -1.10. The Labute approximate surface area is 153 Å². The van der Waals surface area contributed by atoms with Gasteiger partial charge in [0.15, 0.2) is 0 Å². The van der Waals surface area contributed by atoms with E-state index in [0.717, 1.165) is 50.9 Å². The Morgan fingerprint density at radius 1 is 1.16 bits per heavy atom. The second kappa shape index (κ2) is 9.56. The first-order valence-corrected chi connectivity index (χ1v) is 9.93. The molecule has 2 saturated heterocycles. The molecule has 2 aliphatic heterocycles. The van der Waals surface area contributed by atoms with E-state index in [0.29, 0.717) is 0 Å². The average Bonchev–Trinajstić information content (AvgIpc) is 2.63. The molecule has 1 atom stereocenters. The molecular formula is C21H34N2O2. The molecule has 140 valence electrons. The van der Waals surface area contributed by atoms with Crippen LogP contribution in [0.25, 0.3) is 0 Å². The Kier molecular flexibility index (Phi) is 7.14. The predicted molar refractivity (Wildman–Crippen MR) is 102 cm³/mol.